The molecule has 2 aromatic rings. The van der Waals surface area contributed by atoms with E-state index in [0.29, 0.717) is 34.2 Å². The molecular weight excluding hydrogens is 574 g/mol. The van der Waals surface area contributed by atoms with Crippen molar-refractivity contribution in [2.24, 2.45) is 5.92 Å². The van der Waals surface area contributed by atoms with Crippen molar-refractivity contribution in [1.29, 1.82) is 0 Å². The van der Waals surface area contributed by atoms with Gasteiger partial charge in [-0.05, 0) is 90.3 Å². The van der Waals surface area contributed by atoms with Gasteiger partial charge in [0, 0.05) is 34.5 Å². The average molecular weight is 639 g/mol. The van der Waals surface area contributed by atoms with E-state index < -0.39 is 5.97 Å². The van der Waals surface area contributed by atoms with E-state index in [9.17, 15) is 19.5 Å². The lowest BCUT2D eigenvalue weighted by molar-refractivity contribution is -0.894. The minimum absolute atomic E-state index is 0.0232. The molecule has 0 aromatic heterocycles. The number of benzene rings is 2. The molecule has 7 heteroatoms. The molecule has 4 rings (SSSR count). The Morgan fingerprint density at radius 1 is 0.652 bits per heavy atom. The Labute approximate surface area is 279 Å². The quantitative estimate of drug-likeness (QED) is 0.297. The van der Waals surface area contributed by atoms with Gasteiger partial charge in [-0.1, -0.05) is 63.5 Å². The molecule has 0 radical (unpaired) electrons. The lowest BCUT2D eigenvalue weighted by atomic mass is 9.83. The van der Waals surface area contributed by atoms with Gasteiger partial charge < -0.3 is 25.0 Å². The van der Waals surface area contributed by atoms with Crippen molar-refractivity contribution in [1.82, 2.24) is 5.32 Å². The highest BCUT2D eigenvalue weighted by atomic mass is 16.4. The van der Waals surface area contributed by atoms with E-state index in [-0.39, 0.29) is 23.3 Å². The molecule has 0 atom stereocenters. The zero-order valence-corrected chi connectivity index (χ0v) is 30.1. The van der Waals surface area contributed by atoms with Gasteiger partial charge in [0.2, 0.25) is 0 Å². The Morgan fingerprint density at radius 2 is 1.11 bits per heavy atom. The summed E-state index contributed by atoms with van der Waals surface area (Å²) < 4.78 is 0. The molecule has 2 aliphatic rings. The second-order valence-electron chi connectivity index (χ2n) is 13.2. The molecule has 0 unspecified atom stereocenters. The molecule has 0 aliphatic heterocycles. The number of Topliss-reactive ketones (excluding diaryl/α,β-unsaturated/α-hetero) is 1. The van der Waals surface area contributed by atoms with E-state index in [4.69, 9.17) is 0 Å². The van der Waals surface area contributed by atoms with Gasteiger partial charge in [0.25, 0.3) is 5.91 Å². The summed E-state index contributed by atoms with van der Waals surface area (Å²) in [6, 6.07) is 6.67. The topological polar surface area (TPSA) is 95.2 Å². The molecule has 0 saturated heterocycles. The minimum atomic E-state index is -1.33. The van der Waals surface area contributed by atoms with Crippen LogP contribution >= 0.6 is 0 Å². The first-order valence-electron chi connectivity index (χ1n) is 18.4. The number of rotatable bonds is 12. The molecule has 0 spiro atoms. The van der Waals surface area contributed by atoms with Crippen molar-refractivity contribution in [2.45, 2.75) is 125 Å². The van der Waals surface area contributed by atoms with Gasteiger partial charge in [-0.2, -0.15) is 0 Å². The second kappa shape index (κ2) is 21.2. The van der Waals surface area contributed by atoms with Crippen molar-refractivity contribution >= 4 is 28.4 Å². The van der Waals surface area contributed by atoms with E-state index in [0.717, 1.165) is 56.9 Å². The third kappa shape index (κ3) is 11.8. The summed E-state index contributed by atoms with van der Waals surface area (Å²) in [4.78, 5) is 41.8. The molecule has 3 N–H and O–H groups in total. The van der Waals surface area contributed by atoms with Crippen LogP contribution in [0.2, 0.25) is 0 Å². The lowest BCUT2D eigenvalue weighted by Crippen LogP contribution is -3.11. The van der Waals surface area contributed by atoms with Gasteiger partial charge in [-0.15, -0.1) is 0 Å². The number of carboxylic acid groups (broad SMARTS) is 1. The molecule has 2 aromatic carbocycles. The first-order valence-corrected chi connectivity index (χ1v) is 18.4. The van der Waals surface area contributed by atoms with Gasteiger partial charge in [0.1, 0.15) is 0 Å². The van der Waals surface area contributed by atoms with Crippen LogP contribution in [0.3, 0.4) is 0 Å². The average Bonchev–Trinajstić information content (AvgIpc) is 3.07. The number of carboxylic acids is 1. The normalized spacial score (nSPS) is 15.6. The van der Waals surface area contributed by atoms with E-state index in [1.165, 1.54) is 58.2 Å². The number of ketones is 1. The standard InChI is InChI=1S/C27H33NO4.2C6H15N/c1-17-12-13-22(27(31)32)25-20(23(29)16-18-8-4-2-5-9-18)14-15-21(24(17)25)26(30)28-19-10-6-3-7-11-19;2*1-4-7(5-2)6-3/h12-15,18-19H,2-11,16H2,1H3,(H,28,30)(H,31,32);2*4-6H2,1-3H3/p+1. The van der Waals surface area contributed by atoms with Gasteiger partial charge in [-0.25, -0.2) is 0 Å². The van der Waals surface area contributed by atoms with E-state index in [2.05, 4.69) is 46.9 Å². The van der Waals surface area contributed by atoms with E-state index in [1.807, 2.05) is 6.92 Å². The van der Waals surface area contributed by atoms with Crippen molar-refractivity contribution in [3.8, 4) is 0 Å². The van der Waals surface area contributed by atoms with Crippen molar-refractivity contribution in [2.75, 3.05) is 39.3 Å². The van der Waals surface area contributed by atoms with Crippen LogP contribution in [-0.4, -0.2) is 63.0 Å². The monoisotopic (exact) mass is 638 g/mol. The van der Waals surface area contributed by atoms with Crippen molar-refractivity contribution < 1.29 is 29.3 Å². The van der Waals surface area contributed by atoms with Crippen LogP contribution in [0.4, 0.5) is 0 Å². The number of aryl methyl sites for hydroxylation is 1. The fourth-order valence-corrected chi connectivity index (χ4v) is 7.03. The molecule has 258 valence electrons. The van der Waals surface area contributed by atoms with Crippen molar-refractivity contribution in [3.05, 3.63) is 46.5 Å². The molecular formula is C39H64N3O4+. The van der Waals surface area contributed by atoms with Gasteiger partial charge in [0.05, 0.1) is 45.2 Å². The molecule has 2 fully saturated rings. The number of amides is 1. The Balaban J connectivity index is 0.000000440. The third-order valence-corrected chi connectivity index (χ3v) is 10.3. The third-order valence-electron chi connectivity index (χ3n) is 10.3. The number of carbonyl (C=O) groups excluding carboxylic acids is 3. The number of aromatic carboxylic acids is 1. The Hall–Kier alpha value is -2.77. The van der Waals surface area contributed by atoms with E-state index in [1.54, 1.807) is 28.0 Å². The summed E-state index contributed by atoms with van der Waals surface area (Å²) >= 11 is 0. The highest BCUT2D eigenvalue weighted by molar-refractivity contribution is 6.20. The molecule has 46 heavy (non-hydrogen) atoms. The van der Waals surface area contributed by atoms with Crippen LogP contribution in [-0.2, 0) is 0 Å². The molecule has 2 saturated carbocycles. The first-order chi connectivity index (χ1) is 22.1. The Morgan fingerprint density at radius 3 is 1.57 bits per heavy atom. The predicted octanol–water partition coefficient (Wildman–Crippen LogP) is 4.59. The number of nitrogens with one attached hydrogen (secondary N) is 3. The number of fused-ring (bicyclic) bond motifs is 1. The summed E-state index contributed by atoms with van der Waals surface area (Å²) in [7, 11) is 0. The molecule has 0 heterocycles. The summed E-state index contributed by atoms with van der Waals surface area (Å²) in [5, 5.41) is 16.0. The second-order valence-corrected chi connectivity index (χ2v) is 13.2. The smallest absolute Gasteiger partial charge is 0.252 e. The highest BCUT2D eigenvalue weighted by Gasteiger charge is 2.25. The largest absolute Gasteiger partial charge is 0.545 e. The van der Waals surface area contributed by atoms with Gasteiger partial charge in [-0.3, -0.25) is 9.59 Å². The fourth-order valence-electron chi connectivity index (χ4n) is 7.03. The number of hydrogen-bond acceptors (Lipinski definition) is 4. The van der Waals surface area contributed by atoms with Crippen LogP contribution < -0.4 is 20.2 Å². The van der Waals surface area contributed by atoms with Crippen molar-refractivity contribution in [3.63, 3.8) is 0 Å². The summed E-state index contributed by atoms with van der Waals surface area (Å²) in [5.74, 6) is -1.23. The number of carbonyl (C=O) groups is 3. The zero-order chi connectivity index (χ0) is 34.1. The van der Waals surface area contributed by atoms with E-state index >= 15 is 0 Å². The highest BCUT2D eigenvalue weighted by Crippen LogP contribution is 2.33. The Bertz CT molecular complexity index is 1200. The summed E-state index contributed by atoms with van der Waals surface area (Å²) in [6.07, 6.45) is 11.3. The van der Waals surface area contributed by atoms with Crippen LogP contribution in [0.15, 0.2) is 24.3 Å². The fraction of sp³-hybridized carbons (Fsp3) is 0.667. The summed E-state index contributed by atoms with van der Waals surface area (Å²) in [6.45, 7) is 22.8. The maximum absolute atomic E-state index is 13.3. The number of quaternary nitrogens is 2. The number of hydrogen-bond donors (Lipinski definition) is 3. The van der Waals surface area contributed by atoms with Gasteiger partial charge >= 0.3 is 0 Å². The molecule has 2 aliphatic carbocycles. The minimum Gasteiger partial charge on any atom is -0.545 e. The SMILES string of the molecule is CC[NH+](CC)CC.CC[NH+](CC)CC.Cc1ccc(C(=O)[O-])c2c(C(=O)CC3CCCCC3)ccc(C(=O)NC3CCCCC3)c12. The van der Waals surface area contributed by atoms with Crippen LogP contribution in [0.1, 0.15) is 149 Å². The van der Waals surface area contributed by atoms with Gasteiger partial charge in [0.15, 0.2) is 5.78 Å². The maximum atomic E-state index is 13.3. The zero-order valence-electron chi connectivity index (χ0n) is 30.1. The molecule has 1 amide bonds. The first kappa shape index (κ1) is 39.4. The summed E-state index contributed by atoms with van der Waals surface area (Å²) in [5.41, 5.74) is 1.58. The molecule has 0 bridgehead atoms. The maximum Gasteiger partial charge on any atom is 0.252 e. The Kier molecular flexibility index (Phi) is 18.1. The lowest BCUT2D eigenvalue weighted by Gasteiger charge is -2.24. The van der Waals surface area contributed by atoms with Crippen LogP contribution in [0.5, 0.6) is 0 Å². The van der Waals surface area contributed by atoms with Crippen LogP contribution in [0, 0.1) is 12.8 Å². The van der Waals surface area contributed by atoms with Crippen LogP contribution in [0.25, 0.3) is 10.8 Å². The predicted molar refractivity (Wildman–Crippen MR) is 188 cm³/mol. The molecule has 7 nitrogen and oxygen atoms in total.